The Hall–Kier alpha value is -0.563. The molecule has 1 aromatic rings. The summed E-state index contributed by atoms with van der Waals surface area (Å²) in [6, 6.07) is 13.8. The average Bonchev–Trinajstić information content (AvgIpc) is 2.18. The molecular formula is C14H24Si. The molecule has 0 fully saturated rings. The van der Waals surface area contributed by atoms with Gasteiger partial charge in [0.25, 0.3) is 0 Å². The summed E-state index contributed by atoms with van der Waals surface area (Å²) in [4.78, 5) is 0. The second-order valence-corrected chi connectivity index (χ2v) is 10.7. The van der Waals surface area contributed by atoms with Crippen LogP contribution in [-0.2, 0) is 0 Å². The molecule has 0 radical (unpaired) electrons. The molecule has 1 heteroatoms. The van der Waals surface area contributed by atoms with Crippen molar-refractivity contribution < 1.29 is 0 Å². The minimum Gasteiger partial charge on any atom is -0.0693 e. The Morgan fingerprint density at radius 2 is 1.73 bits per heavy atom. The van der Waals surface area contributed by atoms with Crippen molar-refractivity contribution in [3.05, 3.63) is 35.9 Å². The molecule has 1 aromatic carbocycles. The van der Waals surface area contributed by atoms with Crippen LogP contribution in [-0.4, -0.2) is 8.07 Å². The van der Waals surface area contributed by atoms with Crippen LogP contribution in [0.15, 0.2) is 30.3 Å². The lowest BCUT2D eigenvalue weighted by Crippen LogP contribution is -2.26. The Morgan fingerprint density at radius 1 is 1.13 bits per heavy atom. The molecule has 0 aliphatic heterocycles. The first-order valence-corrected chi connectivity index (χ1v) is 9.51. The molecule has 0 aromatic heterocycles. The van der Waals surface area contributed by atoms with Crippen molar-refractivity contribution in [2.45, 2.75) is 51.4 Å². The Labute approximate surface area is 95.7 Å². The van der Waals surface area contributed by atoms with Crippen LogP contribution in [0.2, 0.25) is 25.2 Å². The quantitative estimate of drug-likeness (QED) is 0.619. The predicted octanol–water partition coefficient (Wildman–Crippen LogP) is 4.91. The molecular weight excluding hydrogens is 196 g/mol. The van der Waals surface area contributed by atoms with Gasteiger partial charge in [-0.3, -0.25) is 0 Å². The van der Waals surface area contributed by atoms with Crippen LogP contribution in [0, 0.1) is 0 Å². The van der Waals surface area contributed by atoms with E-state index in [1.165, 1.54) is 24.1 Å². The highest BCUT2D eigenvalue weighted by Gasteiger charge is 2.22. The van der Waals surface area contributed by atoms with Crippen molar-refractivity contribution >= 4 is 8.07 Å². The summed E-state index contributed by atoms with van der Waals surface area (Å²) in [6.45, 7) is 9.73. The number of benzene rings is 1. The topological polar surface area (TPSA) is 0 Å². The molecule has 0 spiro atoms. The van der Waals surface area contributed by atoms with Crippen molar-refractivity contribution in [3.8, 4) is 0 Å². The zero-order valence-corrected chi connectivity index (χ0v) is 11.6. The van der Waals surface area contributed by atoms with Crippen LogP contribution in [0.5, 0.6) is 0 Å². The summed E-state index contributed by atoms with van der Waals surface area (Å²) >= 11 is 0. The van der Waals surface area contributed by atoms with Crippen LogP contribution < -0.4 is 0 Å². The summed E-state index contributed by atoms with van der Waals surface area (Å²) < 4.78 is 0. The van der Waals surface area contributed by atoms with Crippen LogP contribution in [0.1, 0.15) is 31.7 Å². The minimum absolute atomic E-state index is 0.736. The molecule has 1 unspecified atom stereocenters. The standard InChI is InChI=1S/C14H24Si/c1-5-11-15(3,4)12-13(2)14-9-7-6-8-10-14/h6-10,13H,5,11-12H2,1-4H3. The van der Waals surface area contributed by atoms with Crippen molar-refractivity contribution in [2.24, 2.45) is 0 Å². The van der Waals surface area contributed by atoms with E-state index in [0.717, 1.165) is 5.92 Å². The van der Waals surface area contributed by atoms with Crippen molar-refractivity contribution in [2.75, 3.05) is 0 Å². The lowest BCUT2D eigenvalue weighted by atomic mass is 10.0. The molecule has 1 atom stereocenters. The van der Waals surface area contributed by atoms with E-state index < -0.39 is 8.07 Å². The van der Waals surface area contributed by atoms with Gasteiger partial charge in [0, 0.05) is 8.07 Å². The highest BCUT2D eigenvalue weighted by molar-refractivity contribution is 6.77. The normalized spacial score (nSPS) is 13.9. The molecule has 84 valence electrons. The Balaban J connectivity index is 2.59. The molecule has 0 saturated carbocycles. The lowest BCUT2D eigenvalue weighted by molar-refractivity contribution is 0.834. The third-order valence-electron chi connectivity index (χ3n) is 3.15. The van der Waals surface area contributed by atoms with Crippen LogP contribution in [0.3, 0.4) is 0 Å². The van der Waals surface area contributed by atoms with Crippen LogP contribution in [0.25, 0.3) is 0 Å². The molecule has 1 rings (SSSR count). The molecule has 0 heterocycles. The van der Waals surface area contributed by atoms with Crippen molar-refractivity contribution in [3.63, 3.8) is 0 Å². The van der Waals surface area contributed by atoms with E-state index >= 15 is 0 Å². The maximum atomic E-state index is 2.52. The number of hydrogen-bond acceptors (Lipinski definition) is 0. The van der Waals surface area contributed by atoms with E-state index in [2.05, 4.69) is 57.3 Å². The fraction of sp³-hybridized carbons (Fsp3) is 0.571. The zero-order valence-electron chi connectivity index (χ0n) is 10.6. The van der Waals surface area contributed by atoms with Gasteiger partial charge < -0.3 is 0 Å². The highest BCUT2D eigenvalue weighted by Crippen LogP contribution is 2.28. The molecule has 0 amide bonds. The number of hydrogen-bond donors (Lipinski definition) is 0. The first-order chi connectivity index (χ1) is 7.05. The minimum atomic E-state index is -0.949. The summed E-state index contributed by atoms with van der Waals surface area (Å²) in [6.07, 6.45) is 1.35. The van der Waals surface area contributed by atoms with Gasteiger partial charge in [-0.15, -0.1) is 0 Å². The van der Waals surface area contributed by atoms with E-state index in [9.17, 15) is 0 Å². The van der Waals surface area contributed by atoms with Gasteiger partial charge in [0.15, 0.2) is 0 Å². The third-order valence-corrected chi connectivity index (χ3v) is 6.73. The van der Waals surface area contributed by atoms with Gasteiger partial charge in [0.1, 0.15) is 0 Å². The predicted molar refractivity (Wildman–Crippen MR) is 72.2 cm³/mol. The molecule has 0 nitrogen and oxygen atoms in total. The van der Waals surface area contributed by atoms with E-state index in [1.807, 2.05) is 0 Å². The van der Waals surface area contributed by atoms with Gasteiger partial charge in [-0.2, -0.15) is 0 Å². The Kier molecular flexibility index (Phi) is 4.59. The average molecular weight is 220 g/mol. The van der Waals surface area contributed by atoms with E-state index in [4.69, 9.17) is 0 Å². The molecule has 0 bridgehead atoms. The fourth-order valence-electron chi connectivity index (χ4n) is 2.51. The van der Waals surface area contributed by atoms with E-state index in [0.29, 0.717) is 0 Å². The van der Waals surface area contributed by atoms with Gasteiger partial charge >= 0.3 is 0 Å². The fourth-order valence-corrected chi connectivity index (χ4v) is 5.96. The maximum absolute atomic E-state index is 2.52. The first kappa shape index (κ1) is 12.5. The highest BCUT2D eigenvalue weighted by atomic mass is 28.3. The van der Waals surface area contributed by atoms with Crippen molar-refractivity contribution in [1.29, 1.82) is 0 Å². The second kappa shape index (κ2) is 5.50. The lowest BCUT2D eigenvalue weighted by Gasteiger charge is -2.25. The summed E-state index contributed by atoms with van der Waals surface area (Å²) in [5.41, 5.74) is 1.51. The maximum Gasteiger partial charge on any atom is 0.0479 e. The molecule has 0 N–H and O–H groups in total. The van der Waals surface area contributed by atoms with Gasteiger partial charge in [-0.05, 0) is 11.5 Å². The second-order valence-electron chi connectivity index (χ2n) is 5.43. The first-order valence-electron chi connectivity index (χ1n) is 6.10. The summed E-state index contributed by atoms with van der Waals surface area (Å²) in [5, 5.41) is 0. The molecule has 0 aliphatic rings. The van der Waals surface area contributed by atoms with Crippen LogP contribution in [0.4, 0.5) is 0 Å². The third kappa shape index (κ3) is 4.21. The van der Waals surface area contributed by atoms with Gasteiger partial charge in [-0.25, -0.2) is 0 Å². The molecule has 15 heavy (non-hydrogen) atoms. The smallest absolute Gasteiger partial charge is 0.0479 e. The summed E-state index contributed by atoms with van der Waals surface area (Å²) in [5.74, 6) is 0.736. The molecule has 0 saturated heterocycles. The van der Waals surface area contributed by atoms with E-state index in [1.54, 1.807) is 0 Å². The van der Waals surface area contributed by atoms with Gasteiger partial charge in [0.05, 0.1) is 0 Å². The monoisotopic (exact) mass is 220 g/mol. The zero-order chi connectivity index (χ0) is 11.3. The summed E-state index contributed by atoms with van der Waals surface area (Å²) in [7, 11) is -0.949. The van der Waals surface area contributed by atoms with E-state index in [-0.39, 0.29) is 0 Å². The molecule has 0 aliphatic carbocycles. The SMILES string of the molecule is CCC[Si](C)(C)CC(C)c1ccccc1. The van der Waals surface area contributed by atoms with Crippen LogP contribution >= 0.6 is 0 Å². The van der Waals surface area contributed by atoms with Gasteiger partial charge in [-0.1, -0.05) is 75.8 Å². The Bertz CT molecular complexity index is 277. The Morgan fingerprint density at radius 3 is 2.27 bits per heavy atom. The van der Waals surface area contributed by atoms with Gasteiger partial charge in [0.2, 0.25) is 0 Å². The largest absolute Gasteiger partial charge is 0.0693 e. The van der Waals surface area contributed by atoms with Crippen molar-refractivity contribution in [1.82, 2.24) is 0 Å². The number of rotatable bonds is 5.